The maximum atomic E-state index is 13.9. The van der Waals surface area contributed by atoms with Crippen LogP contribution in [0.4, 0.5) is 5.69 Å². The number of amides is 1. The lowest BCUT2D eigenvalue weighted by Gasteiger charge is -2.37. The summed E-state index contributed by atoms with van der Waals surface area (Å²) in [5.41, 5.74) is 2.34. The van der Waals surface area contributed by atoms with Gasteiger partial charge in [0.05, 0.1) is 16.6 Å². The minimum atomic E-state index is -0.253. The molecule has 1 atom stereocenters. The Bertz CT molecular complexity index is 1460. The molecule has 2 heterocycles. The van der Waals surface area contributed by atoms with Gasteiger partial charge in [-0.1, -0.05) is 67.8 Å². The van der Waals surface area contributed by atoms with E-state index in [0.717, 1.165) is 32.4 Å². The summed E-state index contributed by atoms with van der Waals surface area (Å²) in [6.07, 6.45) is 3.09. The summed E-state index contributed by atoms with van der Waals surface area (Å²) in [6.45, 7) is 5.11. The number of carbonyl (C=O) groups is 1. The number of para-hydroxylation sites is 2. The predicted molar refractivity (Wildman–Crippen MR) is 154 cm³/mol. The van der Waals surface area contributed by atoms with E-state index >= 15 is 0 Å². The topological polar surface area (TPSA) is 58.4 Å². The van der Waals surface area contributed by atoms with Gasteiger partial charge in [0.15, 0.2) is 0 Å². The van der Waals surface area contributed by atoms with Crippen LogP contribution in [-0.2, 0) is 11.2 Å². The lowest BCUT2D eigenvalue weighted by Crippen LogP contribution is -2.50. The van der Waals surface area contributed by atoms with Gasteiger partial charge in [0.1, 0.15) is 5.82 Å². The van der Waals surface area contributed by atoms with Crippen molar-refractivity contribution in [3.63, 3.8) is 0 Å². The maximum absolute atomic E-state index is 13.9. The van der Waals surface area contributed by atoms with Crippen LogP contribution in [0.15, 0.2) is 83.7 Å². The molecule has 1 aromatic heterocycles. The zero-order chi connectivity index (χ0) is 26.5. The molecule has 1 aliphatic heterocycles. The molecule has 1 fully saturated rings. The van der Waals surface area contributed by atoms with E-state index in [9.17, 15) is 9.59 Å². The van der Waals surface area contributed by atoms with Gasteiger partial charge in [0, 0.05) is 49.2 Å². The molecule has 1 aliphatic rings. The first-order chi connectivity index (χ1) is 18.5. The molecule has 0 aliphatic carbocycles. The minimum absolute atomic E-state index is 0.145. The number of anilines is 1. The van der Waals surface area contributed by atoms with Crippen molar-refractivity contribution in [3.05, 3.63) is 100 Å². The SMILES string of the molecule is CCCCC(Cc1nc2ccccc2c(=O)n1-c1cccc(Cl)c1)C(=O)N1CCN(c2ccccc2)CC1. The lowest BCUT2D eigenvalue weighted by atomic mass is 9.95. The van der Waals surface area contributed by atoms with Crippen molar-refractivity contribution >= 4 is 34.1 Å². The summed E-state index contributed by atoms with van der Waals surface area (Å²) in [7, 11) is 0. The Hall–Kier alpha value is -3.64. The first kappa shape index (κ1) is 26.0. The fourth-order valence-electron chi connectivity index (χ4n) is 5.26. The normalized spacial score (nSPS) is 14.6. The van der Waals surface area contributed by atoms with Crippen LogP contribution < -0.4 is 10.5 Å². The number of hydrogen-bond acceptors (Lipinski definition) is 4. The molecule has 0 radical (unpaired) electrons. The van der Waals surface area contributed by atoms with Crippen molar-refractivity contribution in [2.24, 2.45) is 5.92 Å². The number of unbranched alkanes of at least 4 members (excludes halogenated alkanes) is 1. The van der Waals surface area contributed by atoms with Gasteiger partial charge in [0.25, 0.3) is 5.56 Å². The second kappa shape index (κ2) is 11.8. The standard InChI is InChI=1S/C31H33ClN4O2/c1-2-3-10-23(30(37)35-19-17-34(18-20-35)25-12-5-4-6-13-25)21-29-33-28-16-8-7-15-27(28)31(38)36(29)26-14-9-11-24(32)22-26/h4-9,11-16,22-23H,2-3,10,17-21H2,1H3. The summed E-state index contributed by atoms with van der Waals surface area (Å²) in [4.78, 5) is 36.8. The summed E-state index contributed by atoms with van der Waals surface area (Å²) in [6, 6.07) is 25.0. The number of hydrogen-bond donors (Lipinski definition) is 0. The molecule has 1 amide bonds. The average Bonchev–Trinajstić information content (AvgIpc) is 2.95. The number of carbonyl (C=O) groups excluding carboxylic acids is 1. The molecule has 196 valence electrons. The van der Waals surface area contributed by atoms with Gasteiger partial charge < -0.3 is 9.80 Å². The smallest absolute Gasteiger partial charge is 0.265 e. The summed E-state index contributed by atoms with van der Waals surface area (Å²) in [5, 5.41) is 1.09. The van der Waals surface area contributed by atoms with Gasteiger partial charge in [-0.2, -0.15) is 0 Å². The highest BCUT2D eigenvalue weighted by Gasteiger charge is 2.29. The third kappa shape index (κ3) is 5.60. The second-order valence-electron chi connectivity index (χ2n) is 9.86. The molecule has 0 spiro atoms. The van der Waals surface area contributed by atoms with Gasteiger partial charge in [0.2, 0.25) is 5.91 Å². The number of piperazine rings is 1. The molecule has 7 heteroatoms. The summed E-state index contributed by atoms with van der Waals surface area (Å²) < 4.78 is 1.63. The van der Waals surface area contributed by atoms with E-state index in [1.54, 1.807) is 22.8 Å². The minimum Gasteiger partial charge on any atom is -0.368 e. The van der Waals surface area contributed by atoms with Crippen molar-refractivity contribution in [1.29, 1.82) is 0 Å². The van der Waals surface area contributed by atoms with Gasteiger partial charge in [-0.25, -0.2) is 4.98 Å². The Kier molecular flexibility index (Phi) is 8.08. The highest BCUT2D eigenvalue weighted by molar-refractivity contribution is 6.30. The van der Waals surface area contributed by atoms with Crippen molar-refractivity contribution in [2.45, 2.75) is 32.6 Å². The number of halogens is 1. The second-order valence-corrected chi connectivity index (χ2v) is 10.3. The summed E-state index contributed by atoms with van der Waals surface area (Å²) in [5.74, 6) is 0.483. The molecule has 4 aromatic rings. The van der Waals surface area contributed by atoms with Crippen molar-refractivity contribution in [3.8, 4) is 5.69 Å². The Morgan fingerprint density at radius 3 is 2.37 bits per heavy atom. The van der Waals surface area contributed by atoms with Crippen LogP contribution in [0.5, 0.6) is 0 Å². The van der Waals surface area contributed by atoms with E-state index in [-0.39, 0.29) is 17.4 Å². The highest BCUT2D eigenvalue weighted by Crippen LogP contribution is 2.23. The fourth-order valence-corrected chi connectivity index (χ4v) is 5.45. The summed E-state index contributed by atoms with van der Waals surface area (Å²) >= 11 is 6.30. The van der Waals surface area contributed by atoms with Crippen molar-refractivity contribution in [2.75, 3.05) is 31.1 Å². The van der Waals surface area contributed by atoms with E-state index in [1.165, 1.54) is 5.69 Å². The van der Waals surface area contributed by atoms with Gasteiger partial charge in [-0.15, -0.1) is 0 Å². The molecule has 0 saturated carbocycles. The molecule has 0 bridgehead atoms. The van der Waals surface area contributed by atoms with E-state index < -0.39 is 0 Å². The largest absolute Gasteiger partial charge is 0.368 e. The molecule has 6 nitrogen and oxygen atoms in total. The molecule has 1 unspecified atom stereocenters. The number of nitrogens with zero attached hydrogens (tertiary/aromatic N) is 4. The van der Waals surface area contributed by atoms with Crippen LogP contribution >= 0.6 is 11.6 Å². The van der Waals surface area contributed by atoms with Gasteiger partial charge in [-0.3, -0.25) is 14.2 Å². The molecule has 38 heavy (non-hydrogen) atoms. The van der Waals surface area contributed by atoms with Crippen LogP contribution in [0.25, 0.3) is 16.6 Å². The molecular weight excluding hydrogens is 496 g/mol. The van der Waals surface area contributed by atoms with E-state index in [4.69, 9.17) is 16.6 Å². The van der Waals surface area contributed by atoms with Crippen LogP contribution in [-0.4, -0.2) is 46.5 Å². The Morgan fingerprint density at radius 2 is 1.63 bits per heavy atom. The average molecular weight is 529 g/mol. The van der Waals surface area contributed by atoms with Crippen LogP contribution in [0.3, 0.4) is 0 Å². The fraction of sp³-hybridized carbons (Fsp3) is 0.323. The van der Waals surface area contributed by atoms with Crippen LogP contribution in [0.1, 0.15) is 32.0 Å². The van der Waals surface area contributed by atoms with E-state index in [1.807, 2.05) is 53.4 Å². The zero-order valence-electron chi connectivity index (χ0n) is 21.7. The quantitative estimate of drug-likeness (QED) is 0.293. The number of benzene rings is 3. The Balaban J connectivity index is 1.45. The predicted octanol–water partition coefficient (Wildman–Crippen LogP) is 5.74. The molecule has 3 aromatic carbocycles. The maximum Gasteiger partial charge on any atom is 0.265 e. The van der Waals surface area contributed by atoms with Gasteiger partial charge in [-0.05, 0) is 48.9 Å². The first-order valence-corrected chi connectivity index (χ1v) is 13.8. The van der Waals surface area contributed by atoms with Crippen LogP contribution in [0.2, 0.25) is 5.02 Å². The third-order valence-corrected chi connectivity index (χ3v) is 7.54. The van der Waals surface area contributed by atoms with Crippen molar-refractivity contribution in [1.82, 2.24) is 14.5 Å². The lowest BCUT2D eigenvalue weighted by molar-refractivity contribution is -0.136. The number of rotatable bonds is 8. The Morgan fingerprint density at radius 1 is 0.921 bits per heavy atom. The number of fused-ring (bicyclic) bond motifs is 1. The number of aromatic nitrogens is 2. The molecule has 5 rings (SSSR count). The Labute approximate surface area is 228 Å². The van der Waals surface area contributed by atoms with Crippen molar-refractivity contribution < 1.29 is 4.79 Å². The molecule has 1 saturated heterocycles. The monoisotopic (exact) mass is 528 g/mol. The third-order valence-electron chi connectivity index (χ3n) is 7.31. The first-order valence-electron chi connectivity index (χ1n) is 13.4. The van der Waals surface area contributed by atoms with Crippen LogP contribution in [0, 0.1) is 5.92 Å². The molecule has 0 N–H and O–H groups in total. The highest BCUT2D eigenvalue weighted by atomic mass is 35.5. The molecular formula is C31H33ClN4O2. The van der Waals surface area contributed by atoms with E-state index in [0.29, 0.717) is 46.9 Å². The van der Waals surface area contributed by atoms with E-state index in [2.05, 4.69) is 24.0 Å². The zero-order valence-corrected chi connectivity index (χ0v) is 22.5. The van der Waals surface area contributed by atoms with Gasteiger partial charge >= 0.3 is 0 Å².